The smallest absolute Gasteiger partial charge is 0.240 e. The highest BCUT2D eigenvalue weighted by Gasteiger charge is 2.45. The van der Waals surface area contributed by atoms with Crippen LogP contribution in [0.25, 0.3) is 10.8 Å². The molecule has 3 rings (SSSR count). The summed E-state index contributed by atoms with van der Waals surface area (Å²) < 4.78 is 0. The molecule has 3 nitrogen and oxygen atoms in total. The minimum atomic E-state index is -0.593. The molecule has 0 heterocycles. The number of rotatable bonds is 3. The Morgan fingerprint density at radius 3 is 2.67 bits per heavy atom. The molecule has 18 heavy (non-hydrogen) atoms. The average Bonchev–Trinajstić information content (AvgIpc) is 3.15. The van der Waals surface area contributed by atoms with Gasteiger partial charge < -0.3 is 11.1 Å². The topological polar surface area (TPSA) is 55.1 Å². The minimum Gasteiger partial charge on any atom is -0.350 e. The monoisotopic (exact) mass is 240 g/mol. The lowest BCUT2D eigenvalue weighted by Crippen LogP contribution is -2.42. The Morgan fingerprint density at radius 1 is 1.17 bits per heavy atom. The predicted molar refractivity (Wildman–Crippen MR) is 71.9 cm³/mol. The molecule has 0 aliphatic heterocycles. The van der Waals surface area contributed by atoms with Crippen molar-refractivity contribution in [2.45, 2.75) is 24.9 Å². The molecular formula is C15H16N2O. The summed E-state index contributed by atoms with van der Waals surface area (Å²) in [7, 11) is 0. The van der Waals surface area contributed by atoms with E-state index in [1.54, 1.807) is 0 Å². The zero-order chi connectivity index (χ0) is 12.6. The predicted octanol–water partition coefficient (Wildman–Crippen LogP) is 1.95. The second kappa shape index (κ2) is 4.10. The van der Waals surface area contributed by atoms with Crippen LogP contribution in [-0.2, 0) is 11.3 Å². The molecule has 0 saturated heterocycles. The van der Waals surface area contributed by atoms with Gasteiger partial charge in [-0.1, -0.05) is 42.5 Å². The van der Waals surface area contributed by atoms with Gasteiger partial charge in [0.1, 0.15) is 0 Å². The van der Waals surface area contributed by atoms with Crippen LogP contribution in [0.1, 0.15) is 18.4 Å². The standard InChI is InChI=1S/C15H16N2O/c16-15(8-9-15)14(18)17-10-12-6-3-5-11-4-1-2-7-13(11)12/h1-7H,8-10,16H2,(H,17,18). The number of fused-ring (bicyclic) bond motifs is 1. The molecule has 0 bridgehead atoms. The number of nitrogens with one attached hydrogen (secondary N) is 1. The lowest BCUT2D eigenvalue weighted by Gasteiger charge is -2.11. The Balaban J connectivity index is 1.80. The van der Waals surface area contributed by atoms with Crippen molar-refractivity contribution in [3.05, 3.63) is 48.0 Å². The van der Waals surface area contributed by atoms with Gasteiger partial charge in [0.25, 0.3) is 0 Å². The molecule has 0 spiro atoms. The van der Waals surface area contributed by atoms with Crippen molar-refractivity contribution in [1.29, 1.82) is 0 Å². The molecular weight excluding hydrogens is 224 g/mol. The summed E-state index contributed by atoms with van der Waals surface area (Å²) in [6, 6.07) is 14.3. The molecule has 1 aliphatic rings. The Labute approximate surface area is 106 Å². The van der Waals surface area contributed by atoms with E-state index in [9.17, 15) is 4.79 Å². The molecule has 0 radical (unpaired) electrons. The number of carbonyl (C=O) groups excluding carboxylic acids is 1. The van der Waals surface area contributed by atoms with Crippen LogP contribution in [0.15, 0.2) is 42.5 Å². The summed E-state index contributed by atoms with van der Waals surface area (Å²) in [6.07, 6.45) is 1.60. The Bertz CT molecular complexity index is 597. The first kappa shape index (κ1) is 11.2. The highest BCUT2D eigenvalue weighted by atomic mass is 16.2. The molecule has 1 fully saturated rings. The number of benzene rings is 2. The number of hydrogen-bond acceptors (Lipinski definition) is 2. The number of amides is 1. The van der Waals surface area contributed by atoms with Crippen LogP contribution < -0.4 is 11.1 Å². The third kappa shape index (κ3) is 1.97. The van der Waals surface area contributed by atoms with Gasteiger partial charge in [0.05, 0.1) is 5.54 Å². The van der Waals surface area contributed by atoms with E-state index in [1.165, 1.54) is 10.8 Å². The summed E-state index contributed by atoms with van der Waals surface area (Å²) in [4.78, 5) is 11.8. The molecule has 0 aromatic heterocycles. The van der Waals surface area contributed by atoms with Crippen molar-refractivity contribution < 1.29 is 4.79 Å². The van der Waals surface area contributed by atoms with E-state index >= 15 is 0 Å². The highest BCUT2D eigenvalue weighted by molar-refractivity contribution is 5.90. The van der Waals surface area contributed by atoms with Gasteiger partial charge in [-0.3, -0.25) is 4.79 Å². The third-order valence-electron chi connectivity index (χ3n) is 3.56. The van der Waals surface area contributed by atoms with E-state index in [0.717, 1.165) is 18.4 Å². The van der Waals surface area contributed by atoms with Crippen molar-refractivity contribution in [2.75, 3.05) is 0 Å². The van der Waals surface area contributed by atoms with Crippen LogP contribution in [-0.4, -0.2) is 11.4 Å². The maximum atomic E-state index is 11.8. The molecule has 2 aromatic rings. The summed E-state index contributed by atoms with van der Waals surface area (Å²) in [5, 5.41) is 5.30. The lowest BCUT2D eigenvalue weighted by molar-refractivity contribution is -0.123. The molecule has 0 unspecified atom stereocenters. The molecule has 1 saturated carbocycles. The average molecular weight is 240 g/mol. The Hall–Kier alpha value is -1.87. The van der Waals surface area contributed by atoms with E-state index in [4.69, 9.17) is 5.73 Å². The zero-order valence-corrected chi connectivity index (χ0v) is 10.1. The van der Waals surface area contributed by atoms with Crippen LogP contribution in [0.5, 0.6) is 0 Å². The van der Waals surface area contributed by atoms with Gasteiger partial charge in [0, 0.05) is 6.54 Å². The van der Waals surface area contributed by atoms with Crippen molar-refractivity contribution in [3.8, 4) is 0 Å². The molecule has 1 amide bonds. The van der Waals surface area contributed by atoms with E-state index in [0.29, 0.717) is 6.54 Å². The maximum absolute atomic E-state index is 11.8. The van der Waals surface area contributed by atoms with Gasteiger partial charge in [-0.2, -0.15) is 0 Å². The second-order valence-electron chi connectivity index (χ2n) is 4.98. The molecule has 1 aliphatic carbocycles. The van der Waals surface area contributed by atoms with Crippen LogP contribution in [0, 0.1) is 0 Å². The van der Waals surface area contributed by atoms with Gasteiger partial charge in [0.15, 0.2) is 0 Å². The van der Waals surface area contributed by atoms with E-state index in [2.05, 4.69) is 23.5 Å². The van der Waals surface area contributed by atoms with E-state index in [-0.39, 0.29) is 5.91 Å². The first-order chi connectivity index (χ1) is 8.69. The van der Waals surface area contributed by atoms with Gasteiger partial charge in [-0.25, -0.2) is 0 Å². The van der Waals surface area contributed by atoms with Gasteiger partial charge in [-0.05, 0) is 29.2 Å². The third-order valence-corrected chi connectivity index (χ3v) is 3.56. The number of carbonyl (C=O) groups is 1. The molecule has 2 aromatic carbocycles. The summed E-state index contributed by atoms with van der Waals surface area (Å²) in [5.74, 6) is -0.0320. The van der Waals surface area contributed by atoms with E-state index in [1.807, 2.05) is 24.3 Å². The van der Waals surface area contributed by atoms with Gasteiger partial charge in [-0.15, -0.1) is 0 Å². The first-order valence-corrected chi connectivity index (χ1v) is 6.23. The van der Waals surface area contributed by atoms with Crippen LogP contribution in [0.3, 0.4) is 0 Å². The van der Waals surface area contributed by atoms with Crippen LogP contribution in [0.2, 0.25) is 0 Å². The van der Waals surface area contributed by atoms with Crippen molar-refractivity contribution in [1.82, 2.24) is 5.32 Å². The number of hydrogen-bond donors (Lipinski definition) is 2. The number of nitrogens with two attached hydrogens (primary N) is 1. The Morgan fingerprint density at radius 2 is 1.89 bits per heavy atom. The fraction of sp³-hybridized carbons (Fsp3) is 0.267. The first-order valence-electron chi connectivity index (χ1n) is 6.23. The molecule has 3 heteroatoms. The molecule has 3 N–H and O–H groups in total. The van der Waals surface area contributed by atoms with E-state index < -0.39 is 5.54 Å². The maximum Gasteiger partial charge on any atom is 0.240 e. The summed E-state index contributed by atoms with van der Waals surface area (Å²) in [6.45, 7) is 0.541. The Kier molecular flexibility index (Phi) is 2.56. The normalized spacial score (nSPS) is 16.5. The fourth-order valence-electron chi connectivity index (χ4n) is 2.16. The second-order valence-corrected chi connectivity index (χ2v) is 4.98. The fourth-order valence-corrected chi connectivity index (χ4v) is 2.16. The van der Waals surface area contributed by atoms with Gasteiger partial charge in [0.2, 0.25) is 5.91 Å². The van der Waals surface area contributed by atoms with Gasteiger partial charge >= 0.3 is 0 Å². The van der Waals surface area contributed by atoms with Crippen molar-refractivity contribution >= 4 is 16.7 Å². The quantitative estimate of drug-likeness (QED) is 0.861. The van der Waals surface area contributed by atoms with Crippen molar-refractivity contribution in [2.24, 2.45) is 5.73 Å². The minimum absolute atomic E-state index is 0.0320. The lowest BCUT2D eigenvalue weighted by atomic mass is 10.0. The van der Waals surface area contributed by atoms with Crippen LogP contribution >= 0.6 is 0 Å². The zero-order valence-electron chi connectivity index (χ0n) is 10.1. The summed E-state index contributed by atoms with van der Waals surface area (Å²) in [5.41, 5.74) is 6.39. The SMILES string of the molecule is NC1(C(=O)NCc2cccc3ccccc23)CC1. The largest absolute Gasteiger partial charge is 0.350 e. The highest BCUT2D eigenvalue weighted by Crippen LogP contribution is 2.32. The van der Waals surface area contributed by atoms with Crippen molar-refractivity contribution in [3.63, 3.8) is 0 Å². The molecule has 0 atom stereocenters. The van der Waals surface area contributed by atoms with Crippen LogP contribution in [0.4, 0.5) is 0 Å². The summed E-state index contributed by atoms with van der Waals surface area (Å²) >= 11 is 0. The molecule has 92 valence electrons.